The molecule has 4 unspecified atom stereocenters. The molecule has 0 heterocycles. The number of ether oxygens (including phenoxy) is 1. The maximum Gasteiger partial charge on any atom is 0.481 e. The number of phosphoric acid groups is 2. The van der Waals surface area contributed by atoms with Crippen molar-refractivity contribution < 1.29 is 66.1 Å². The average molecular weight is 798 g/mol. The van der Waals surface area contributed by atoms with Crippen LogP contribution in [0.15, 0.2) is 24.3 Å². The smallest absolute Gasteiger partial charge is 0.465 e. The lowest BCUT2D eigenvalue weighted by atomic mass is 10.0. The van der Waals surface area contributed by atoms with Crippen molar-refractivity contribution >= 4 is 51.4 Å². The van der Waals surface area contributed by atoms with Crippen LogP contribution in [0.2, 0.25) is 0 Å². The van der Waals surface area contributed by atoms with Crippen LogP contribution in [0.3, 0.4) is 0 Å². The molecular weight excluding hydrogens is 744 g/mol. The van der Waals surface area contributed by atoms with Crippen molar-refractivity contribution in [3.63, 3.8) is 0 Å². The van der Waals surface area contributed by atoms with Gasteiger partial charge in [0.25, 0.3) is 0 Å². The number of unbranched alkanes of at least 4 members (excludes halogenated alkanes) is 4. The molecule has 0 aliphatic carbocycles. The molecule has 1 rings (SSSR count). The Morgan fingerprint density at radius 2 is 1.32 bits per heavy atom. The molecule has 302 valence electrons. The van der Waals surface area contributed by atoms with Crippen LogP contribution in [0.5, 0.6) is 0 Å². The van der Waals surface area contributed by atoms with E-state index in [2.05, 4.69) is 35.4 Å². The number of phosphoric ester groups is 2. The summed E-state index contributed by atoms with van der Waals surface area (Å²) in [6.07, 6.45) is 1.12. The molecule has 0 saturated carbocycles. The first-order chi connectivity index (χ1) is 24.9. The lowest BCUT2D eigenvalue weighted by molar-refractivity contribution is -0.128. The van der Waals surface area contributed by atoms with Crippen molar-refractivity contribution in [2.45, 2.75) is 83.9 Å². The fourth-order valence-electron chi connectivity index (χ4n) is 4.20. The van der Waals surface area contributed by atoms with Gasteiger partial charge in [-0.25, -0.2) is 23.5 Å². The molecule has 21 nitrogen and oxygen atoms in total. The van der Waals surface area contributed by atoms with E-state index in [0.29, 0.717) is 43.4 Å². The molecule has 0 saturated heterocycles. The Kier molecular flexibility index (Phi) is 22.5. The van der Waals surface area contributed by atoms with Gasteiger partial charge in [0.05, 0.1) is 19.3 Å². The van der Waals surface area contributed by atoms with Crippen molar-refractivity contribution in [2.24, 2.45) is 17.4 Å². The topological polar surface area (TPSA) is 329 Å². The first-order valence-corrected chi connectivity index (χ1v) is 19.9. The van der Waals surface area contributed by atoms with Crippen LogP contribution < -0.4 is 38.1 Å². The van der Waals surface area contributed by atoms with E-state index in [1.54, 1.807) is 38.1 Å². The Bertz CT molecular complexity index is 1400. The van der Waals surface area contributed by atoms with Crippen LogP contribution in [0.25, 0.3) is 0 Å². The number of benzene rings is 1. The summed E-state index contributed by atoms with van der Waals surface area (Å²) in [5.41, 5.74) is 12.0. The number of alkyl carbamates (subject to hydrolysis) is 1. The number of nitrogens with two attached hydrogens (primary N) is 2. The zero-order valence-corrected chi connectivity index (χ0v) is 31.6. The average Bonchev–Trinajstić information content (AvgIpc) is 3.07. The Hall–Kier alpha value is -3.81. The predicted molar refractivity (Wildman–Crippen MR) is 191 cm³/mol. The van der Waals surface area contributed by atoms with E-state index in [4.69, 9.17) is 25.8 Å². The SMILES string of the molecule is CC(C)C(N)C(=O)NC(CCCNC(N)=O)C(=O)Nc1ccc(COC(=O)NCCCCCOP(=O)(O)OP(=O)(O)OCCCCCNC(=O)O)cc1. The Morgan fingerprint density at radius 3 is 1.85 bits per heavy atom. The fraction of sp³-hybridized carbons (Fsp3) is 0.633. The number of carboxylic acid groups (broad SMARTS) is 1. The highest BCUT2D eigenvalue weighted by Gasteiger charge is 2.35. The van der Waals surface area contributed by atoms with E-state index in [0.717, 1.165) is 0 Å². The fourth-order valence-corrected chi connectivity index (χ4v) is 6.34. The summed E-state index contributed by atoms with van der Waals surface area (Å²) in [6.45, 7) is 3.59. The van der Waals surface area contributed by atoms with Gasteiger partial charge in [0, 0.05) is 25.3 Å². The molecule has 1 aromatic rings. The minimum atomic E-state index is -4.89. The number of anilines is 1. The molecule has 0 radical (unpaired) electrons. The highest BCUT2D eigenvalue weighted by molar-refractivity contribution is 7.61. The van der Waals surface area contributed by atoms with Crippen molar-refractivity contribution in [3.8, 4) is 0 Å². The summed E-state index contributed by atoms with van der Waals surface area (Å²) in [4.78, 5) is 78.2. The van der Waals surface area contributed by atoms with E-state index >= 15 is 0 Å². The molecule has 0 bridgehead atoms. The maximum atomic E-state index is 13.0. The summed E-state index contributed by atoms with van der Waals surface area (Å²) in [5.74, 6) is -1.12. The highest BCUT2D eigenvalue weighted by Crippen LogP contribution is 2.60. The van der Waals surface area contributed by atoms with Gasteiger partial charge in [-0.2, -0.15) is 4.31 Å². The molecule has 6 amide bonds. The minimum absolute atomic E-state index is 0.0684. The minimum Gasteiger partial charge on any atom is -0.465 e. The Morgan fingerprint density at radius 1 is 0.774 bits per heavy atom. The van der Waals surface area contributed by atoms with Crippen molar-refractivity contribution in [3.05, 3.63) is 29.8 Å². The second-order valence-electron chi connectivity index (χ2n) is 12.0. The summed E-state index contributed by atoms with van der Waals surface area (Å²) in [6, 6.07) is 4.03. The number of amides is 6. The third kappa shape index (κ3) is 23.5. The summed E-state index contributed by atoms with van der Waals surface area (Å²) < 4.78 is 42.7. The van der Waals surface area contributed by atoms with E-state index < -0.39 is 57.8 Å². The maximum absolute atomic E-state index is 13.0. The monoisotopic (exact) mass is 797 g/mol. The van der Waals surface area contributed by atoms with Crippen LogP contribution in [0.1, 0.15) is 70.8 Å². The Balaban J connectivity index is 2.35. The van der Waals surface area contributed by atoms with Gasteiger partial charge in [-0.3, -0.25) is 18.6 Å². The van der Waals surface area contributed by atoms with Crippen molar-refractivity contribution in [1.82, 2.24) is 21.3 Å². The van der Waals surface area contributed by atoms with Crippen LogP contribution in [0.4, 0.5) is 20.1 Å². The third-order valence-corrected chi connectivity index (χ3v) is 9.79. The zero-order valence-electron chi connectivity index (χ0n) is 29.8. The lowest BCUT2D eigenvalue weighted by Gasteiger charge is -2.22. The van der Waals surface area contributed by atoms with E-state index in [9.17, 15) is 42.9 Å². The number of rotatable bonds is 27. The number of primary amides is 1. The molecule has 23 heteroatoms. The van der Waals surface area contributed by atoms with Crippen molar-refractivity contribution in [1.29, 1.82) is 0 Å². The predicted octanol–water partition coefficient (Wildman–Crippen LogP) is 2.63. The second kappa shape index (κ2) is 25.3. The van der Waals surface area contributed by atoms with Gasteiger partial charge < -0.3 is 57.7 Å². The molecule has 0 spiro atoms. The number of nitrogens with one attached hydrogen (secondary N) is 5. The number of carbonyl (C=O) groups is 5. The van der Waals surface area contributed by atoms with Crippen LogP contribution in [-0.4, -0.2) is 89.9 Å². The van der Waals surface area contributed by atoms with E-state index in [-0.39, 0.29) is 64.6 Å². The van der Waals surface area contributed by atoms with Gasteiger partial charge in [0.2, 0.25) is 11.8 Å². The normalized spacial score (nSPS) is 14.5. The molecule has 4 atom stereocenters. The van der Waals surface area contributed by atoms with Gasteiger partial charge in [0.1, 0.15) is 12.6 Å². The molecule has 0 aliphatic rings. The molecule has 1 aromatic carbocycles. The van der Waals surface area contributed by atoms with E-state index in [1.807, 2.05) is 0 Å². The Labute approximate surface area is 307 Å². The molecular formula is C30H53N7O14P2. The first-order valence-electron chi connectivity index (χ1n) is 16.9. The molecule has 0 aromatic heterocycles. The van der Waals surface area contributed by atoms with Crippen LogP contribution in [0, 0.1) is 5.92 Å². The summed E-state index contributed by atoms with van der Waals surface area (Å²) in [5, 5.41) is 21.0. The number of carbonyl (C=O) groups excluding carboxylic acids is 4. The molecule has 0 aliphatic heterocycles. The van der Waals surface area contributed by atoms with Crippen LogP contribution >= 0.6 is 15.6 Å². The van der Waals surface area contributed by atoms with E-state index in [1.165, 1.54) is 0 Å². The number of hydrogen-bond acceptors (Lipinski definition) is 12. The highest BCUT2D eigenvalue weighted by atomic mass is 31.3. The number of urea groups is 1. The molecule has 53 heavy (non-hydrogen) atoms. The van der Waals surface area contributed by atoms with Gasteiger partial charge in [-0.05, 0) is 75.0 Å². The third-order valence-electron chi connectivity index (χ3n) is 7.12. The largest absolute Gasteiger partial charge is 0.481 e. The standard InChI is InChI=1S/C30H53N7O14P2/c1-21(2)25(31)27(39)37-24(10-9-17-33-28(32)40)26(38)36-23-13-11-22(12-14-23)20-48-30(43)35-16-6-4-8-19-50-53(46,47)51-52(44,45)49-18-7-3-5-15-34-29(41)42/h11-14,21,24-25,34H,3-10,15-20,31H2,1-2H3,(H,35,43)(H,36,38)(H,37,39)(H,41,42)(H,44,45)(H,46,47)(H3,32,33,40). The molecule has 12 N–H and O–H groups in total. The number of hydrogen-bond donors (Lipinski definition) is 10. The first kappa shape index (κ1) is 47.2. The quantitative estimate of drug-likeness (QED) is 0.0452. The van der Waals surface area contributed by atoms with Gasteiger partial charge in [0.15, 0.2) is 0 Å². The lowest BCUT2D eigenvalue weighted by Crippen LogP contribution is -2.51. The summed E-state index contributed by atoms with van der Waals surface area (Å²) >= 11 is 0. The van der Waals surface area contributed by atoms with Gasteiger partial charge >= 0.3 is 33.9 Å². The van der Waals surface area contributed by atoms with Gasteiger partial charge in [-0.1, -0.05) is 26.0 Å². The second-order valence-corrected chi connectivity index (χ2v) is 15.0. The van der Waals surface area contributed by atoms with Gasteiger partial charge in [-0.15, -0.1) is 0 Å². The zero-order chi connectivity index (χ0) is 39.9. The summed E-state index contributed by atoms with van der Waals surface area (Å²) in [7, 11) is -9.77. The van der Waals surface area contributed by atoms with Crippen LogP contribution in [-0.2, 0) is 43.4 Å². The molecule has 0 fully saturated rings. The van der Waals surface area contributed by atoms with Crippen molar-refractivity contribution in [2.75, 3.05) is 38.2 Å².